The lowest BCUT2D eigenvalue weighted by Crippen LogP contribution is -2.49. The van der Waals surface area contributed by atoms with Crippen molar-refractivity contribution < 1.29 is 4.79 Å². The highest BCUT2D eigenvalue weighted by Gasteiger charge is 2.43. The number of nitrogens with zero attached hydrogens (tertiary/aromatic N) is 1. The second-order valence-corrected chi connectivity index (χ2v) is 6.62. The summed E-state index contributed by atoms with van der Waals surface area (Å²) in [5.41, 5.74) is 0. The molecule has 0 spiro atoms. The molecule has 1 N–H and O–H groups in total. The van der Waals surface area contributed by atoms with Crippen LogP contribution >= 0.6 is 11.8 Å². The Bertz CT molecular complexity index is 298. The van der Waals surface area contributed by atoms with Gasteiger partial charge in [-0.3, -0.25) is 4.79 Å². The van der Waals surface area contributed by atoms with E-state index in [0.717, 1.165) is 24.6 Å². The fourth-order valence-corrected chi connectivity index (χ4v) is 4.40. The summed E-state index contributed by atoms with van der Waals surface area (Å²) in [5, 5.41) is 3.46. The van der Waals surface area contributed by atoms with E-state index >= 15 is 0 Å². The number of hydrogen-bond donors (Lipinski definition) is 1. The van der Waals surface area contributed by atoms with Gasteiger partial charge in [-0.25, -0.2) is 0 Å². The van der Waals surface area contributed by atoms with Gasteiger partial charge >= 0.3 is 0 Å². The van der Waals surface area contributed by atoms with Gasteiger partial charge in [0.15, 0.2) is 0 Å². The summed E-state index contributed by atoms with van der Waals surface area (Å²) in [4.78, 5) is 14.6. The van der Waals surface area contributed by atoms with Gasteiger partial charge in [0.25, 0.3) is 0 Å². The van der Waals surface area contributed by atoms with Crippen molar-refractivity contribution in [3.8, 4) is 0 Å². The molecular formula is C14H26N2OS. The second-order valence-electron chi connectivity index (χ2n) is 5.71. The van der Waals surface area contributed by atoms with Crippen LogP contribution in [-0.4, -0.2) is 48.5 Å². The summed E-state index contributed by atoms with van der Waals surface area (Å²) >= 11 is 1.83. The van der Waals surface area contributed by atoms with Crippen LogP contribution in [0.2, 0.25) is 0 Å². The summed E-state index contributed by atoms with van der Waals surface area (Å²) < 4.78 is 0. The predicted octanol–water partition coefficient (Wildman–Crippen LogP) is 1.97. The second kappa shape index (κ2) is 6.29. The molecule has 4 atom stereocenters. The van der Waals surface area contributed by atoms with Crippen LogP contribution in [0.4, 0.5) is 0 Å². The van der Waals surface area contributed by atoms with Gasteiger partial charge in [0.05, 0.1) is 6.04 Å². The van der Waals surface area contributed by atoms with Crippen LogP contribution in [0.3, 0.4) is 0 Å². The zero-order chi connectivity index (χ0) is 13.1. The summed E-state index contributed by atoms with van der Waals surface area (Å²) in [5.74, 6) is 2.73. The highest BCUT2D eigenvalue weighted by molar-refractivity contribution is 7.98. The maximum absolute atomic E-state index is 12.6. The van der Waals surface area contributed by atoms with E-state index in [2.05, 4.69) is 18.5 Å². The monoisotopic (exact) mass is 270 g/mol. The predicted molar refractivity (Wildman–Crippen MR) is 77.9 cm³/mol. The molecule has 4 heteroatoms. The first-order valence-electron chi connectivity index (χ1n) is 7.18. The van der Waals surface area contributed by atoms with Gasteiger partial charge in [-0.2, -0.15) is 11.8 Å². The van der Waals surface area contributed by atoms with E-state index in [1.54, 1.807) is 0 Å². The molecule has 104 valence electrons. The molecule has 0 aromatic carbocycles. The molecule has 0 aromatic heterocycles. The van der Waals surface area contributed by atoms with Crippen molar-refractivity contribution in [1.29, 1.82) is 0 Å². The van der Waals surface area contributed by atoms with E-state index in [-0.39, 0.29) is 6.04 Å². The molecule has 1 saturated heterocycles. The minimum Gasteiger partial charge on any atom is -0.341 e. The number of hydrogen-bond acceptors (Lipinski definition) is 3. The first kappa shape index (κ1) is 14.2. The van der Waals surface area contributed by atoms with Crippen molar-refractivity contribution in [1.82, 2.24) is 10.2 Å². The van der Waals surface area contributed by atoms with Crippen LogP contribution in [0.5, 0.6) is 0 Å². The third-order valence-electron chi connectivity index (χ3n) is 4.74. The number of amides is 1. The van der Waals surface area contributed by atoms with Gasteiger partial charge in [0.1, 0.15) is 0 Å². The lowest BCUT2D eigenvalue weighted by molar-refractivity contribution is -0.134. The van der Waals surface area contributed by atoms with Crippen LogP contribution in [-0.2, 0) is 4.79 Å². The van der Waals surface area contributed by atoms with Crippen molar-refractivity contribution >= 4 is 17.7 Å². The van der Waals surface area contributed by atoms with Crippen LogP contribution in [0.15, 0.2) is 0 Å². The Morgan fingerprint density at radius 1 is 1.50 bits per heavy atom. The Kier molecular flexibility index (Phi) is 4.96. The maximum atomic E-state index is 12.6. The zero-order valence-electron chi connectivity index (χ0n) is 11.8. The minimum absolute atomic E-state index is 0.0957. The summed E-state index contributed by atoms with van der Waals surface area (Å²) in [6.07, 6.45) is 7.02. The number of carbonyl (C=O) groups is 1. The smallest absolute Gasteiger partial charge is 0.240 e. The minimum atomic E-state index is 0.0957. The Hall–Kier alpha value is -0.220. The molecule has 4 unspecified atom stereocenters. The van der Waals surface area contributed by atoms with Gasteiger partial charge in [0, 0.05) is 18.8 Å². The SMILES string of the molecule is CCC(CSC)N(C)C(=O)C1NCC2CCCC21. The van der Waals surface area contributed by atoms with E-state index in [1.807, 2.05) is 23.7 Å². The van der Waals surface area contributed by atoms with E-state index in [0.29, 0.717) is 17.9 Å². The average molecular weight is 270 g/mol. The van der Waals surface area contributed by atoms with Crippen LogP contribution in [0.25, 0.3) is 0 Å². The molecule has 2 fully saturated rings. The van der Waals surface area contributed by atoms with Crippen molar-refractivity contribution in [2.24, 2.45) is 11.8 Å². The molecule has 1 aliphatic heterocycles. The Labute approximate surface area is 115 Å². The van der Waals surface area contributed by atoms with E-state index < -0.39 is 0 Å². The molecule has 0 aromatic rings. The average Bonchev–Trinajstić information content (AvgIpc) is 2.96. The highest BCUT2D eigenvalue weighted by Crippen LogP contribution is 2.38. The molecule has 18 heavy (non-hydrogen) atoms. The number of nitrogens with one attached hydrogen (secondary N) is 1. The number of thioether (sulfide) groups is 1. The lowest BCUT2D eigenvalue weighted by atomic mass is 9.93. The normalized spacial score (nSPS) is 32.3. The van der Waals surface area contributed by atoms with Gasteiger partial charge in [-0.1, -0.05) is 13.3 Å². The van der Waals surface area contributed by atoms with Crippen molar-refractivity contribution in [3.63, 3.8) is 0 Å². The van der Waals surface area contributed by atoms with Crippen molar-refractivity contribution in [3.05, 3.63) is 0 Å². The Balaban J connectivity index is 1.97. The van der Waals surface area contributed by atoms with Gasteiger partial charge in [-0.05, 0) is 43.9 Å². The molecule has 2 rings (SSSR count). The fourth-order valence-electron chi connectivity index (χ4n) is 3.55. The van der Waals surface area contributed by atoms with Crippen LogP contribution < -0.4 is 5.32 Å². The fraction of sp³-hybridized carbons (Fsp3) is 0.929. The van der Waals surface area contributed by atoms with Crippen molar-refractivity contribution in [2.45, 2.75) is 44.7 Å². The number of rotatable bonds is 5. The van der Waals surface area contributed by atoms with Gasteiger partial charge in [0.2, 0.25) is 5.91 Å². The quantitative estimate of drug-likeness (QED) is 0.829. The molecule has 0 radical (unpaired) electrons. The van der Waals surface area contributed by atoms with Crippen LogP contribution in [0.1, 0.15) is 32.6 Å². The standard InChI is InChI=1S/C14H26N2OS/c1-4-11(9-18-3)16(2)14(17)13-12-7-5-6-10(12)8-15-13/h10-13,15H,4-9H2,1-3H3. The van der Waals surface area contributed by atoms with Gasteiger partial charge in [-0.15, -0.1) is 0 Å². The molecule has 1 heterocycles. The Morgan fingerprint density at radius 3 is 2.94 bits per heavy atom. The highest BCUT2D eigenvalue weighted by atomic mass is 32.2. The van der Waals surface area contributed by atoms with Crippen molar-refractivity contribution in [2.75, 3.05) is 25.6 Å². The molecule has 1 saturated carbocycles. The zero-order valence-corrected chi connectivity index (χ0v) is 12.6. The first-order valence-corrected chi connectivity index (χ1v) is 8.57. The van der Waals surface area contributed by atoms with E-state index in [9.17, 15) is 4.79 Å². The molecule has 2 aliphatic rings. The third-order valence-corrected chi connectivity index (χ3v) is 5.46. The van der Waals surface area contributed by atoms with E-state index in [4.69, 9.17) is 0 Å². The molecule has 1 amide bonds. The summed E-state index contributed by atoms with van der Waals surface area (Å²) in [6, 6.07) is 0.480. The summed E-state index contributed by atoms with van der Waals surface area (Å²) in [7, 11) is 1.98. The summed E-state index contributed by atoms with van der Waals surface area (Å²) in [6.45, 7) is 3.22. The lowest BCUT2D eigenvalue weighted by Gasteiger charge is -2.31. The van der Waals surface area contributed by atoms with Gasteiger partial charge < -0.3 is 10.2 Å². The molecular weight excluding hydrogens is 244 g/mol. The number of likely N-dealkylation sites (N-methyl/N-ethyl adjacent to an activating group) is 1. The molecule has 0 bridgehead atoms. The number of carbonyl (C=O) groups excluding carboxylic acids is 1. The molecule has 3 nitrogen and oxygen atoms in total. The third kappa shape index (κ3) is 2.69. The first-order chi connectivity index (χ1) is 8.69. The Morgan fingerprint density at radius 2 is 2.28 bits per heavy atom. The maximum Gasteiger partial charge on any atom is 0.240 e. The topological polar surface area (TPSA) is 32.3 Å². The van der Waals surface area contributed by atoms with Crippen LogP contribution in [0, 0.1) is 11.8 Å². The largest absolute Gasteiger partial charge is 0.341 e. The van der Waals surface area contributed by atoms with E-state index in [1.165, 1.54) is 19.3 Å². The number of fused-ring (bicyclic) bond motifs is 1. The molecule has 1 aliphatic carbocycles.